The summed E-state index contributed by atoms with van der Waals surface area (Å²) >= 11 is 0. The molecule has 3 nitrogen and oxygen atoms in total. The van der Waals surface area contributed by atoms with E-state index in [4.69, 9.17) is 9.84 Å². The summed E-state index contributed by atoms with van der Waals surface area (Å²) in [5.41, 5.74) is 2.15. The first-order valence-corrected chi connectivity index (χ1v) is 6.16. The molecule has 0 aliphatic rings. The number of hydrogen-bond donors (Lipinski definition) is 1. The molecule has 0 bridgehead atoms. The monoisotopic (exact) mass is 256 g/mol. The van der Waals surface area contributed by atoms with Crippen molar-refractivity contribution in [3.05, 3.63) is 54.1 Å². The van der Waals surface area contributed by atoms with E-state index in [1.54, 1.807) is 18.2 Å². The van der Waals surface area contributed by atoms with Crippen molar-refractivity contribution in [2.75, 3.05) is 0 Å². The highest BCUT2D eigenvalue weighted by Crippen LogP contribution is 2.23. The molecule has 0 aromatic heterocycles. The highest BCUT2D eigenvalue weighted by molar-refractivity contribution is 5.89. The molecule has 1 N–H and O–H groups in total. The second-order valence-corrected chi connectivity index (χ2v) is 4.58. The summed E-state index contributed by atoms with van der Waals surface area (Å²) in [6.45, 7) is 3.95. The number of carbonyl (C=O) groups is 1. The summed E-state index contributed by atoms with van der Waals surface area (Å²) in [4.78, 5) is 10.9. The molecule has 0 amide bonds. The lowest BCUT2D eigenvalue weighted by Crippen LogP contribution is -2.05. The van der Waals surface area contributed by atoms with E-state index in [0.717, 1.165) is 16.9 Å². The van der Waals surface area contributed by atoms with Crippen LogP contribution < -0.4 is 4.74 Å². The van der Waals surface area contributed by atoms with Crippen molar-refractivity contribution in [2.24, 2.45) is 0 Å². The van der Waals surface area contributed by atoms with Crippen LogP contribution in [0.2, 0.25) is 0 Å². The normalized spacial score (nSPS) is 10.5. The molecule has 0 unspecified atom stereocenters. The molecular weight excluding hydrogens is 240 g/mol. The van der Waals surface area contributed by atoms with Gasteiger partial charge in [-0.15, -0.1) is 0 Å². The molecule has 0 heterocycles. The Morgan fingerprint density at radius 1 is 1.05 bits per heavy atom. The van der Waals surface area contributed by atoms with Crippen molar-refractivity contribution in [2.45, 2.75) is 20.0 Å². The minimum atomic E-state index is -0.915. The molecule has 0 radical (unpaired) electrons. The lowest BCUT2D eigenvalue weighted by molar-refractivity contribution is 0.0697. The fraction of sp³-hybridized carbons (Fsp3) is 0.188. The van der Waals surface area contributed by atoms with Crippen molar-refractivity contribution in [3.8, 4) is 16.9 Å². The van der Waals surface area contributed by atoms with Gasteiger partial charge in [-0.05, 0) is 49.2 Å². The molecular formula is C16H16O3. The summed E-state index contributed by atoms with van der Waals surface area (Å²) in [5.74, 6) is -0.102. The van der Waals surface area contributed by atoms with Gasteiger partial charge in [0.05, 0.1) is 11.7 Å². The van der Waals surface area contributed by atoms with Gasteiger partial charge in [-0.3, -0.25) is 0 Å². The van der Waals surface area contributed by atoms with Gasteiger partial charge in [0.15, 0.2) is 0 Å². The number of carboxylic acid groups (broad SMARTS) is 1. The quantitative estimate of drug-likeness (QED) is 0.904. The van der Waals surface area contributed by atoms with Gasteiger partial charge in [-0.2, -0.15) is 0 Å². The second-order valence-electron chi connectivity index (χ2n) is 4.58. The fourth-order valence-corrected chi connectivity index (χ4v) is 1.83. The average molecular weight is 256 g/mol. The van der Waals surface area contributed by atoms with Crippen LogP contribution in [0, 0.1) is 0 Å². The van der Waals surface area contributed by atoms with E-state index in [1.165, 1.54) is 0 Å². The highest BCUT2D eigenvalue weighted by atomic mass is 16.5. The standard InChI is InChI=1S/C16H16O3/c1-11(2)19-15-8-6-12(7-9-15)13-4-3-5-14(10-13)16(17)18/h3-11H,1-2H3,(H,17,18). The Morgan fingerprint density at radius 2 is 1.74 bits per heavy atom. The summed E-state index contributed by atoms with van der Waals surface area (Å²) in [6, 6.07) is 14.5. The third-order valence-corrected chi connectivity index (χ3v) is 2.67. The minimum absolute atomic E-state index is 0.140. The van der Waals surface area contributed by atoms with Crippen LogP contribution in [-0.2, 0) is 0 Å². The molecule has 0 saturated heterocycles. The molecule has 0 aliphatic carbocycles. The molecule has 3 heteroatoms. The van der Waals surface area contributed by atoms with E-state index in [0.29, 0.717) is 5.56 Å². The maximum atomic E-state index is 10.9. The number of carboxylic acids is 1. The van der Waals surface area contributed by atoms with Crippen LogP contribution in [-0.4, -0.2) is 17.2 Å². The summed E-state index contributed by atoms with van der Waals surface area (Å²) in [7, 11) is 0. The van der Waals surface area contributed by atoms with Gasteiger partial charge in [0.25, 0.3) is 0 Å². The van der Waals surface area contributed by atoms with E-state index in [2.05, 4.69) is 0 Å². The van der Waals surface area contributed by atoms with E-state index in [1.807, 2.05) is 44.2 Å². The Bertz CT molecular complexity index is 571. The molecule has 0 atom stereocenters. The van der Waals surface area contributed by atoms with E-state index >= 15 is 0 Å². The molecule has 2 rings (SSSR count). The van der Waals surface area contributed by atoms with Gasteiger partial charge in [0, 0.05) is 0 Å². The Kier molecular flexibility index (Phi) is 3.85. The minimum Gasteiger partial charge on any atom is -0.491 e. The smallest absolute Gasteiger partial charge is 0.335 e. The van der Waals surface area contributed by atoms with Crippen LogP contribution in [0.5, 0.6) is 5.75 Å². The third-order valence-electron chi connectivity index (χ3n) is 2.67. The first kappa shape index (κ1) is 13.1. The summed E-state index contributed by atoms with van der Waals surface area (Å²) in [5, 5.41) is 8.98. The number of hydrogen-bond acceptors (Lipinski definition) is 2. The summed E-state index contributed by atoms with van der Waals surface area (Å²) < 4.78 is 5.57. The van der Waals surface area contributed by atoms with Crippen LogP contribution in [0.4, 0.5) is 0 Å². The maximum absolute atomic E-state index is 10.9. The molecule has 0 saturated carbocycles. The first-order valence-electron chi connectivity index (χ1n) is 6.16. The molecule has 2 aromatic carbocycles. The highest BCUT2D eigenvalue weighted by Gasteiger charge is 2.05. The number of rotatable bonds is 4. The lowest BCUT2D eigenvalue weighted by Gasteiger charge is -2.10. The second kappa shape index (κ2) is 5.57. The predicted octanol–water partition coefficient (Wildman–Crippen LogP) is 3.84. The average Bonchev–Trinajstić information content (AvgIpc) is 2.39. The van der Waals surface area contributed by atoms with Crippen molar-refractivity contribution >= 4 is 5.97 Å². The Hall–Kier alpha value is -2.29. The number of benzene rings is 2. The Morgan fingerprint density at radius 3 is 2.32 bits per heavy atom. The van der Waals surface area contributed by atoms with Gasteiger partial charge >= 0.3 is 5.97 Å². The third kappa shape index (κ3) is 3.35. The molecule has 2 aromatic rings. The topological polar surface area (TPSA) is 46.5 Å². The van der Waals surface area contributed by atoms with Crippen molar-refractivity contribution in [1.29, 1.82) is 0 Å². The van der Waals surface area contributed by atoms with Gasteiger partial charge in [0.1, 0.15) is 5.75 Å². The van der Waals surface area contributed by atoms with Gasteiger partial charge in [-0.1, -0.05) is 24.3 Å². The van der Waals surface area contributed by atoms with Gasteiger partial charge in [0.2, 0.25) is 0 Å². The zero-order chi connectivity index (χ0) is 13.8. The molecule has 0 spiro atoms. The van der Waals surface area contributed by atoms with Crippen LogP contribution in [0.15, 0.2) is 48.5 Å². The van der Waals surface area contributed by atoms with Crippen LogP contribution in [0.25, 0.3) is 11.1 Å². The van der Waals surface area contributed by atoms with E-state index < -0.39 is 5.97 Å². The zero-order valence-electron chi connectivity index (χ0n) is 11.0. The van der Waals surface area contributed by atoms with E-state index in [9.17, 15) is 4.79 Å². The first-order chi connectivity index (χ1) is 9.06. The fourth-order valence-electron chi connectivity index (χ4n) is 1.83. The van der Waals surface area contributed by atoms with Crippen LogP contribution in [0.1, 0.15) is 24.2 Å². The largest absolute Gasteiger partial charge is 0.491 e. The van der Waals surface area contributed by atoms with Crippen LogP contribution >= 0.6 is 0 Å². The Labute approximate surface area is 112 Å². The van der Waals surface area contributed by atoms with Crippen molar-refractivity contribution < 1.29 is 14.6 Å². The molecule has 0 fully saturated rings. The molecule has 98 valence electrons. The molecule has 19 heavy (non-hydrogen) atoms. The lowest BCUT2D eigenvalue weighted by atomic mass is 10.0. The van der Waals surface area contributed by atoms with Crippen molar-refractivity contribution in [3.63, 3.8) is 0 Å². The van der Waals surface area contributed by atoms with Gasteiger partial charge in [-0.25, -0.2) is 4.79 Å². The van der Waals surface area contributed by atoms with E-state index in [-0.39, 0.29) is 6.10 Å². The molecule has 0 aliphatic heterocycles. The van der Waals surface area contributed by atoms with Crippen LogP contribution in [0.3, 0.4) is 0 Å². The number of ether oxygens (including phenoxy) is 1. The van der Waals surface area contributed by atoms with Crippen molar-refractivity contribution in [1.82, 2.24) is 0 Å². The Balaban J connectivity index is 2.27. The summed E-state index contributed by atoms with van der Waals surface area (Å²) in [6.07, 6.45) is 0.140. The maximum Gasteiger partial charge on any atom is 0.335 e. The number of aromatic carboxylic acids is 1. The zero-order valence-corrected chi connectivity index (χ0v) is 11.0. The van der Waals surface area contributed by atoms with Gasteiger partial charge < -0.3 is 9.84 Å². The predicted molar refractivity (Wildman–Crippen MR) is 74.6 cm³/mol. The SMILES string of the molecule is CC(C)Oc1ccc(-c2cccc(C(=O)O)c2)cc1.